The minimum Gasteiger partial charge on any atom is -0.370 e. The molecule has 2 fully saturated rings. The van der Waals surface area contributed by atoms with Crippen molar-refractivity contribution < 1.29 is 0 Å². The molecule has 0 radical (unpaired) electrons. The van der Waals surface area contributed by atoms with Gasteiger partial charge < -0.3 is 5.32 Å². The van der Waals surface area contributed by atoms with Crippen LogP contribution in [0.2, 0.25) is 0 Å². The maximum atomic E-state index is 4.95. The van der Waals surface area contributed by atoms with Gasteiger partial charge in [0.25, 0.3) is 0 Å². The molecule has 21 heavy (non-hydrogen) atoms. The lowest BCUT2D eigenvalue weighted by atomic mass is 9.80. The van der Waals surface area contributed by atoms with Crippen LogP contribution in [0, 0.1) is 5.92 Å². The number of nitrogens with zero attached hydrogens (tertiary/aromatic N) is 1. The SMILES string of the molecule is c1ccc2c(c1)CCC1NC(=NCC3CCCCC3)CC21. The molecule has 2 nitrogen and oxygen atoms in total. The molecule has 2 atom stereocenters. The third kappa shape index (κ3) is 2.73. The van der Waals surface area contributed by atoms with Crippen molar-refractivity contribution in [3.8, 4) is 0 Å². The normalized spacial score (nSPS) is 30.8. The largest absolute Gasteiger partial charge is 0.370 e. The zero-order valence-corrected chi connectivity index (χ0v) is 12.9. The van der Waals surface area contributed by atoms with Gasteiger partial charge in [-0.15, -0.1) is 0 Å². The molecule has 1 aliphatic heterocycles. The molecule has 2 unspecified atom stereocenters. The Labute approximate surface area is 128 Å². The van der Waals surface area contributed by atoms with Gasteiger partial charge in [0.15, 0.2) is 0 Å². The molecule has 1 saturated carbocycles. The van der Waals surface area contributed by atoms with Crippen LogP contribution in [-0.4, -0.2) is 18.4 Å². The predicted octanol–water partition coefficient (Wildman–Crippen LogP) is 4.06. The molecule has 1 heterocycles. The molecule has 0 spiro atoms. The number of fused-ring (bicyclic) bond motifs is 3. The van der Waals surface area contributed by atoms with Gasteiger partial charge in [0, 0.05) is 24.9 Å². The quantitative estimate of drug-likeness (QED) is 0.869. The molecule has 2 aliphatic carbocycles. The predicted molar refractivity (Wildman–Crippen MR) is 87.9 cm³/mol. The highest BCUT2D eigenvalue weighted by Crippen LogP contribution is 2.37. The first kappa shape index (κ1) is 13.4. The van der Waals surface area contributed by atoms with E-state index in [1.54, 1.807) is 11.1 Å². The van der Waals surface area contributed by atoms with E-state index in [4.69, 9.17) is 4.99 Å². The van der Waals surface area contributed by atoms with E-state index in [0.29, 0.717) is 12.0 Å². The molecule has 0 bridgehead atoms. The number of hydrogen-bond donors (Lipinski definition) is 1. The Balaban J connectivity index is 1.45. The molecular formula is C19H26N2. The van der Waals surface area contributed by atoms with Crippen molar-refractivity contribution in [3.63, 3.8) is 0 Å². The number of nitrogens with one attached hydrogen (secondary N) is 1. The van der Waals surface area contributed by atoms with E-state index in [9.17, 15) is 0 Å². The van der Waals surface area contributed by atoms with Crippen molar-refractivity contribution in [3.05, 3.63) is 35.4 Å². The molecule has 1 N–H and O–H groups in total. The van der Waals surface area contributed by atoms with Gasteiger partial charge in [0.2, 0.25) is 0 Å². The average Bonchev–Trinajstić information content (AvgIpc) is 2.97. The van der Waals surface area contributed by atoms with Crippen molar-refractivity contribution in [2.24, 2.45) is 10.9 Å². The summed E-state index contributed by atoms with van der Waals surface area (Å²) in [6.07, 6.45) is 10.7. The summed E-state index contributed by atoms with van der Waals surface area (Å²) in [4.78, 5) is 4.95. The van der Waals surface area contributed by atoms with Crippen LogP contribution in [0.3, 0.4) is 0 Å². The molecule has 1 aromatic rings. The molecular weight excluding hydrogens is 256 g/mol. The van der Waals surface area contributed by atoms with E-state index in [1.807, 2.05) is 0 Å². The molecule has 2 heteroatoms. The lowest BCUT2D eigenvalue weighted by Gasteiger charge is -2.27. The van der Waals surface area contributed by atoms with Gasteiger partial charge in [-0.2, -0.15) is 0 Å². The lowest BCUT2D eigenvalue weighted by Crippen LogP contribution is -2.32. The van der Waals surface area contributed by atoms with Gasteiger partial charge in [-0.1, -0.05) is 43.5 Å². The summed E-state index contributed by atoms with van der Waals surface area (Å²) in [6, 6.07) is 9.64. The number of rotatable bonds is 2. The molecule has 112 valence electrons. The van der Waals surface area contributed by atoms with E-state index in [1.165, 1.54) is 50.8 Å². The standard InChI is InChI=1S/C19H26N2/c1-2-6-14(7-3-1)13-20-19-12-17-16-9-5-4-8-15(16)10-11-18(17)21-19/h4-5,8-9,14,17-18H,1-3,6-7,10-13H2,(H,20,21). The third-order valence-corrected chi connectivity index (χ3v) is 5.70. The van der Waals surface area contributed by atoms with Gasteiger partial charge in [-0.05, 0) is 42.7 Å². The molecule has 0 aromatic heterocycles. The van der Waals surface area contributed by atoms with Crippen molar-refractivity contribution in [2.75, 3.05) is 6.54 Å². The van der Waals surface area contributed by atoms with E-state index in [-0.39, 0.29) is 0 Å². The fourth-order valence-corrected chi connectivity index (χ4v) is 4.48. The summed E-state index contributed by atoms with van der Waals surface area (Å²) in [5.74, 6) is 2.80. The van der Waals surface area contributed by atoms with Gasteiger partial charge >= 0.3 is 0 Å². The fraction of sp³-hybridized carbons (Fsp3) is 0.632. The summed E-state index contributed by atoms with van der Waals surface area (Å²) in [7, 11) is 0. The first-order valence-corrected chi connectivity index (χ1v) is 8.78. The van der Waals surface area contributed by atoms with Crippen LogP contribution >= 0.6 is 0 Å². The highest BCUT2D eigenvalue weighted by atomic mass is 15.1. The van der Waals surface area contributed by atoms with Crippen LogP contribution in [0.4, 0.5) is 0 Å². The van der Waals surface area contributed by atoms with Gasteiger partial charge in [-0.3, -0.25) is 4.99 Å². The monoisotopic (exact) mass is 282 g/mol. The zero-order valence-electron chi connectivity index (χ0n) is 12.9. The van der Waals surface area contributed by atoms with Gasteiger partial charge in [-0.25, -0.2) is 0 Å². The van der Waals surface area contributed by atoms with Crippen LogP contribution in [0.15, 0.2) is 29.3 Å². The van der Waals surface area contributed by atoms with E-state index in [2.05, 4.69) is 29.6 Å². The molecule has 3 aliphatic rings. The molecule has 1 aromatic carbocycles. The van der Waals surface area contributed by atoms with E-state index in [0.717, 1.165) is 18.9 Å². The number of amidine groups is 1. The summed E-state index contributed by atoms with van der Waals surface area (Å²) < 4.78 is 0. The Morgan fingerprint density at radius 2 is 1.90 bits per heavy atom. The first-order valence-electron chi connectivity index (χ1n) is 8.78. The molecule has 1 saturated heterocycles. The summed E-state index contributed by atoms with van der Waals surface area (Å²) in [5.41, 5.74) is 3.14. The number of aliphatic imine (C=N–C) groups is 1. The van der Waals surface area contributed by atoms with Crippen molar-refractivity contribution in [1.82, 2.24) is 5.32 Å². The molecule has 0 amide bonds. The highest BCUT2D eigenvalue weighted by Gasteiger charge is 2.35. The Hall–Kier alpha value is -1.31. The summed E-state index contributed by atoms with van der Waals surface area (Å²) >= 11 is 0. The number of benzene rings is 1. The minimum absolute atomic E-state index is 0.630. The van der Waals surface area contributed by atoms with Crippen molar-refractivity contribution in [1.29, 1.82) is 0 Å². The second kappa shape index (κ2) is 5.82. The van der Waals surface area contributed by atoms with E-state index >= 15 is 0 Å². The Bertz CT molecular complexity index is 528. The Morgan fingerprint density at radius 3 is 2.81 bits per heavy atom. The van der Waals surface area contributed by atoms with Crippen LogP contribution in [0.5, 0.6) is 0 Å². The number of aryl methyl sites for hydroxylation is 1. The second-order valence-corrected chi connectivity index (χ2v) is 7.09. The van der Waals surface area contributed by atoms with Crippen LogP contribution in [0.1, 0.15) is 62.0 Å². The average molecular weight is 282 g/mol. The van der Waals surface area contributed by atoms with Crippen LogP contribution in [-0.2, 0) is 6.42 Å². The fourth-order valence-electron chi connectivity index (χ4n) is 4.48. The lowest BCUT2D eigenvalue weighted by molar-refractivity contribution is 0.366. The summed E-state index contributed by atoms with van der Waals surface area (Å²) in [6.45, 7) is 1.06. The van der Waals surface area contributed by atoms with E-state index < -0.39 is 0 Å². The Morgan fingerprint density at radius 1 is 1.05 bits per heavy atom. The van der Waals surface area contributed by atoms with Crippen LogP contribution in [0.25, 0.3) is 0 Å². The van der Waals surface area contributed by atoms with Gasteiger partial charge in [0.1, 0.15) is 0 Å². The maximum Gasteiger partial charge on any atom is 0.0972 e. The minimum atomic E-state index is 0.630. The maximum absolute atomic E-state index is 4.95. The first-order chi connectivity index (χ1) is 10.4. The second-order valence-electron chi connectivity index (χ2n) is 7.09. The topological polar surface area (TPSA) is 24.4 Å². The van der Waals surface area contributed by atoms with Crippen LogP contribution < -0.4 is 5.32 Å². The van der Waals surface area contributed by atoms with Gasteiger partial charge in [0.05, 0.1) is 5.84 Å². The smallest absolute Gasteiger partial charge is 0.0972 e. The summed E-state index contributed by atoms with van der Waals surface area (Å²) in [5, 5.41) is 3.72. The molecule has 4 rings (SSSR count). The van der Waals surface area contributed by atoms with Crippen molar-refractivity contribution in [2.45, 2.75) is 63.3 Å². The Kier molecular flexibility index (Phi) is 3.71. The zero-order chi connectivity index (χ0) is 14.1. The number of hydrogen-bond acceptors (Lipinski definition) is 1. The third-order valence-electron chi connectivity index (χ3n) is 5.70. The van der Waals surface area contributed by atoms with Crippen molar-refractivity contribution >= 4 is 5.84 Å². The highest BCUT2D eigenvalue weighted by molar-refractivity contribution is 5.86.